The van der Waals surface area contributed by atoms with Crippen molar-refractivity contribution in [3.8, 4) is 11.5 Å². The Labute approximate surface area is 149 Å². The molecule has 2 aromatic carbocycles. The first kappa shape index (κ1) is 18.6. The fourth-order valence-electron chi connectivity index (χ4n) is 2.47. The predicted octanol–water partition coefficient (Wildman–Crippen LogP) is 5.38. The Bertz CT molecular complexity index is 644. The van der Waals surface area contributed by atoms with Gasteiger partial charge in [-0.3, -0.25) is 0 Å². The van der Waals surface area contributed by atoms with Gasteiger partial charge in [0.1, 0.15) is 0 Å². The molecule has 2 rings (SSSR count). The van der Waals surface area contributed by atoms with E-state index >= 15 is 0 Å². The maximum atomic E-state index is 6.41. The number of hydrogen-bond donors (Lipinski definition) is 1. The summed E-state index contributed by atoms with van der Waals surface area (Å²) in [5, 5.41) is 4.10. The van der Waals surface area contributed by atoms with E-state index in [1.54, 1.807) is 0 Å². The number of nitrogens with one attached hydrogen (secondary N) is 1. The van der Waals surface area contributed by atoms with Crippen LogP contribution in [0.4, 0.5) is 0 Å². The number of rotatable bonds is 8. The number of hydrogen-bond acceptors (Lipinski definition) is 3. The zero-order valence-electron chi connectivity index (χ0n) is 14.8. The minimum absolute atomic E-state index is 0.0452. The molecule has 130 valence electrons. The molecule has 3 nitrogen and oxygen atoms in total. The lowest BCUT2D eigenvalue weighted by Crippen LogP contribution is -2.18. The Balaban J connectivity index is 2.12. The standard InChI is InChI=1S/C20H26ClNO2/c1-5-23-19-12-16(11-18(21)20(19)24-14(2)3)13-22-15(4)17-9-7-6-8-10-17/h6-12,14-15,22H,5,13H2,1-4H3/t15-/m0/s1. The van der Waals surface area contributed by atoms with Gasteiger partial charge in [0.2, 0.25) is 0 Å². The van der Waals surface area contributed by atoms with Gasteiger partial charge in [-0.1, -0.05) is 41.9 Å². The number of ether oxygens (including phenoxy) is 2. The van der Waals surface area contributed by atoms with Crippen molar-refractivity contribution in [2.45, 2.75) is 46.4 Å². The monoisotopic (exact) mass is 347 g/mol. The zero-order valence-corrected chi connectivity index (χ0v) is 15.6. The van der Waals surface area contributed by atoms with Crippen LogP contribution < -0.4 is 14.8 Å². The molecular weight excluding hydrogens is 322 g/mol. The Hall–Kier alpha value is -1.71. The van der Waals surface area contributed by atoms with Gasteiger partial charge in [-0.15, -0.1) is 0 Å². The summed E-state index contributed by atoms with van der Waals surface area (Å²) in [5.74, 6) is 1.32. The Morgan fingerprint density at radius 3 is 2.42 bits per heavy atom. The van der Waals surface area contributed by atoms with E-state index in [1.807, 2.05) is 39.0 Å². The van der Waals surface area contributed by atoms with Crippen LogP contribution in [0.1, 0.15) is 44.9 Å². The first-order valence-corrected chi connectivity index (χ1v) is 8.79. The van der Waals surface area contributed by atoms with Crippen molar-refractivity contribution in [1.82, 2.24) is 5.32 Å². The van der Waals surface area contributed by atoms with Crippen molar-refractivity contribution >= 4 is 11.6 Å². The van der Waals surface area contributed by atoms with E-state index in [9.17, 15) is 0 Å². The van der Waals surface area contributed by atoms with Crippen molar-refractivity contribution in [1.29, 1.82) is 0 Å². The predicted molar refractivity (Wildman–Crippen MR) is 100 cm³/mol. The maximum absolute atomic E-state index is 6.41. The number of benzene rings is 2. The highest BCUT2D eigenvalue weighted by atomic mass is 35.5. The summed E-state index contributed by atoms with van der Waals surface area (Å²) < 4.78 is 11.5. The van der Waals surface area contributed by atoms with E-state index < -0.39 is 0 Å². The third-order valence-electron chi connectivity index (χ3n) is 3.63. The van der Waals surface area contributed by atoms with Crippen molar-refractivity contribution in [2.24, 2.45) is 0 Å². The van der Waals surface area contributed by atoms with Crippen LogP contribution in [-0.4, -0.2) is 12.7 Å². The summed E-state index contributed by atoms with van der Waals surface area (Å²) in [7, 11) is 0. The largest absolute Gasteiger partial charge is 0.490 e. The molecule has 2 aromatic rings. The Morgan fingerprint density at radius 2 is 1.79 bits per heavy atom. The van der Waals surface area contributed by atoms with Crippen molar-refractivity contribution in [3.63, 3.8) is 0 Å². The van der Waals surface area contributed by atoms with Gasteiger partial charge >= 0.3 is 0 Å². The van der Waals surface area contributed by atoms with Crippen molar-refractivity contribution in [2.75, 3.05) is 6.61 Å². The van der Waals surface area contributed by atoms with E-state index in [1.165, 1.54) is 5.56 Å². The summed E-state index contributed by atoms with van der Waals surface area (Å²) in [4.78, 5) is 0. The average molecular weight is 348 g/mol. The van der Waals surface area contributed by atoms with Gasteiger partial charge in [0.05, 0.1) is 17.7 Å². The van der Waals surface area contributed by atoms with E-state index in [0.29, 0.717) is 29.7 Å². The van der Waals surface area contributed by atoms with Crippen LogP contribution in [0.3, 0.4) is 0 Å². The lowest BCUT2D eigenvalue weighted by molar-refractivity contribution is 0.224. The molecule has 0 heterocycles. The van der Waals surface area contributed by atoms with Gasteiger partial charge in [0.25, 0.3) is 0 Å². The molecule has 0 saturated heterocycles. The molecule has 0 aliphatic rings. The van der Waals surface area contributed by atoms with Gasteiger partial charge < -0.3 is 14.8 Å². The molecule has 0 spiro atoms. The van der Waals surface area contributed by atoms with Crippen molar-refractivity contribution in [3.05, 3.63) is 58.6 Å². The quantitative estimate of drug-likeness (QED) is 0.695. The SMILES string of the molecule is CCOc1cc(CN[C@@H](C)c2ccccc2)cc(Cl)c1OC(C)C. The van der Waals surface area contributed by atoms with Crippen molar-refractivity contribution < 1.29 is 9.47 Å². The molecule has 1 atom stereocenters. The van der Waals surface area contributed by atoms with Gasteiger partial charge in [0, 0.05) is 12.6 Å². The molecule has 0 fully saturated rings. The molecule has 0 saturated carbocycles. The molecule has 0 aromatic heterocycles. The first-order valence-electron chi connectivity index (χ1n) is 8.41. The normalized spacial score (nSPS) is 12.2. The zero-order chi connectivity index (χ0) is 17.5. The smallest absolute Gasteiger partial charge is 0.180 e. The summed E-state index contributed by atoms with van der Waals surface area (Å²) in [6, 6.07) is 14.6. The van der Waals surface area contributed by atoms with Crippen LogP contribution in [0.15, 0.2) is 42.5 Å². The highest BCUT2D eigenvalue weighted by Crippen LogP contribution is 2.37. The number of halogens is 1. The maximum Gasteiger partial charge on any atom is 0.180 e. The first-order chi connectivity index (χ1) is 11.5. The molecule has 24 heavy (non-hydrogen) atoms. The molecule has 0 amide bonds. The van der Waals surface area contributed by atoms with Crippen LogP contribution >= 0.6 is 11.6 Å². The van der Waals surface area contributed by atoms with Crippen LogP contribution in [0.5, 0.6) is 11.5 Å². The summed E-state index contributed by atoms with van der Waals surface area (Å²) in [6.45, 7) is 9.33. The van der Waals surface area contributed by atoms with Crippen LogP contribution in [0.25, 0.3) is 0 Å². The molecule has 0 aliphatic carbocycles. The third kappa shape index (κ3) is 5.15. The second-order valence-electron chi connectivity index (χ2n) is 6.02. The van der Waals surface area contributed by atoms with Gasteiger partial charge in [-0.2, -0.15) is 0 Å². The second-order valence-corrected chi connectivity index (χ2v) is 6.42. The minimum atomic E-state index is 0.0452. The Kier molecular flexibility index (Phi) is 6.95. The average Bonchev–Trinajstić information content (AvgIpc) is 2.56. The topological polar surface area (TPSA) is 30.5 Å². The lowest BCUT2D eigenvalue weighted by atomic mass is 10.1. The molecule has 0 aliphatic heterocycles. The highest BCUT2D eigenvalue weighted by Gasteiger charge is 2.14. The lowest BCUT2D eigenvalue weighted by Gasteiger charge is -2.19. The van der Waals surface area contributed by atoms with Crippen LogP contribution in [-0.2, 0) is 6.54 Å². The van der Waals surface area contributed by atoms with Gasteiger partial charge in [-0.25, -0.2) is 0 Å². The highest BCUT2D eigenvalue weighted by molar-refractivity contribution is 6.32. The van der Waals surface area contributed by atoms with Crippen LogP contribution in [0.2, 0.25) is 5.02 Å². The molecule has 4 heteroatoms. The molecule has 0 unspecified atom stereocenters. The van der Waals surface area contributed by atoms with Gasteiger partial charge in [-0.05, 0) is 51.0 Å². The van der Waals surface area contributed by atoms with E-state index in [-0.39, 0.29) is 12.1 Å². The second kappa shape index (κ2) is 8.95. The summed E-state index contributed by atoms with van der Waals surface area (Å²) >= 11 is 6.41. The fraction of sp³-hybridized carbons (Fsp3) is 0.400. The third-order valence-corrected chi connectivity index (χ3v) is 3.92. The van der Waals surface area contributed by atoms with Gasteiger partial charge in [0.15, 0.2) is 11.5 Å². The van der Waals surface area contributed by atoms with E-state index in [4.69, 9.17) is 21.1 Å². The minimum Gasteiger partial charge on any atom is -0.490 e. The molecular formula is C20H26ClNO2. The molecule has 0 bridgehead atoms. The molecule has 0 radical (unpaired) electrons. The molecule has 1 N–H and O–H groups in total. The van der Waals surface area contributed by atoms with Crippen LogP contribution in [0, 0.1) is 0 Å². The summed E-state index contributed by atoms with van der Waals surface area (Å²) in [6.07, 6.45) is 0.0452. The fourth-order valence-corrected chi connectivity index (χ4v) is 2.74. The van der Waals surface area contributed by atoms with E-state index in [0.717, 1.165) is 5.56 Å². The Morgan fingerprint density at radius 1 is 1.08 bits per heavy atom. The van der Waals surface area contributed by atoms with E-state index in [2.05, 4.69) is 36.5 Å². The summed E-state index contributed by atoms with van der Waals surface area (Å²) in [5.41, 5.74) is 2.33.